The number of likely N-dealkylation sites (N-methyl/N-ethyl adjacent to an activating group) is 1. The number of aliphatic carboxylic acids is 1. The number of esters is 1. The molecule has 3 aliphatic rings. The quantitative estimate of drug-likeness (QED) is 0.213. The van der Waals surface area contributed by atoms with Crippen molar-refractivity contribution in [2.45, 2.75) is 44.7 Å². The van der Waals surface area contributed by atoms with E-state index in [1.54, 1.807) is 20.8 Å². The minimum Gasteiger partial charge on any atom is -0.477 e. The number of carbonyl (C=O) groups excluding carboxylic acids is 5. The van der Waals surface area contributed by atoms with Crippen LogP contribution in [0, 0.1) is 5.41 Å². The number of nitrogens with zero attached hydrogens (tertiary/aromatic N) is 5. The van der Waals surface area contributed by atoms with Gasteiger partial charge in [-0.2, -0.15) is 0 Å². The molecule has 1 aromatic heterocycles. The van der Waals surface area contributed by atoms with Gasteiger partial charge in [-0.1, -0.05) is 0 Å². The molecule has 1 unspecified atom stereocenters. The molecule has 0 spiro atoms. The maximum absolute atomic E-state index is 13.8. The van der Waals surface area contributed by atoms with Crippen LogP contribution in [-0.4, -0.2) is 121 Å². The van der Waals surface area contributed by atoms with Crippen molar-refractivity contribution in [1.82, 2.24) is 24.8 Å². The first-order chi connectivity index (χ1) is 19.6. The Bertz CT molecular complexity index is 1400. The molecule has 0 bridgehead atoms. The number of hydrogen-bond donors (Lipinski definition) is 3. The van der Waals surface area contributed by atoms with E-state index in [0.29, 0.717) is 0 Å². The molecule has 4 heterocycles. The van der Waals surface area contributed by atoms with Crippen LogP contribution < -0.4 is 5.32 Å². The highest BCUT2D eigenvalue weighted by Gasteiger charge is 2.59. The van der Waals surface area contributed by atoms with Crippen molar-refractivity contribution in [1.29, 1.82) is 5.41 Å². The Hall–Kier alpha value is -4.19. The second-order valence-electron chi connectivity index (χ2n) is 10.4. The standard InChI is InChI=1S/C24H29N7O9S2/c1-11(32)39-8-12-9-41-19-16(18(34)30(19)15(12)20(35)36)31(29-7-6-28(5)23(29)38)17(33)14(25)13-10-42-21(26-13)27-22(37)40-24(2,3)4/h10,16,19,25H,6-9H2,1-5H3,(H,35,36)(H,26,27,37)/t16?,19-/m1/s1. The van der Waals surface area contributed by atoms with E-state index in [4.69, 9.17) is 14.9 Å². The van der Waals surface area contributed by atoms with E-state index >= 15 is 0 Å². The van der Waals surface area contributed by atoms with Crippen LogP contribution in [0.4, 0.5) is 14.7 Å². The molecule has 2 saturated heterocycles. The molecule has 4 rings (SSSR count). The Balaban J connectivity index is 1.61. The molecule has 5 amide bonds. The van der Waals surface area contributed by atoms with Crippen molar-refractivity contribution in [3.8, 4) is 0 Å². The first kappa shape index (κ1) is 30.8. The summed E-state index contributed by atoms with van der Waals surface area (Å²) < 4.78 is 10.1. The molecular weight excluding hydrogens is 594 g/mol. The van der Waals surface area contributed by atoms with E-state index in [9.17, 15) is 33.9 Å². The smallest absolute Gasteiger partial charge is 0.413 e. The average Bonchev–Trinajstić information content (AvgIpc) is 3.49. The summed E-state index contributed by atoms with van der Waals surface area (Å²) in [6.45, 7) is 6.18. The molecule has 2 atom stereocenters. The third-order valence-electron chi connectivity index (χ3n) is 6.18. The highest BCUT2D eigenvalue weighted by molar-refractivity contribution is 8.00. The van der Waals surface area contributed by atoms with Crippen molar-refractivity contribution in [2.75, 3.05) is 37.8 Å². The minimum atomic E-state index is -1.41. The number of carboxylic acid groups (broad SMARTS) is 1. The van der Waals surface area contributed by atoms with E-state index in [2.05, 4.69) is 10.3 Å². The number of nitrogens with one attached hydrogen (secondary N) is 2. The summed E-state index contributed by atoms with van der Waals surface area (Å²) in [4.78, 5) is 82.2. The number of fused-ring (bicyclic) bond motifs is 1. The van der Waals surface area contributed by atoms with Gasteiger partial charge in [0.1, 0.15) is 34.7 Å². The van der Waals surface area contributed by atoms with Crippen molar-refractivity contribution >= 4 is 69.8 Å². The number of anilines is 1. The van der Waals surface area contributed by atoms with Gasteiger partial charge in [0.15, 0.2) is 11.2 Å². The SMILES string of the molecule is CC(=O)OCC1=C(C(=O)O)N2C(=O)C(N(C(=O)C(=N)c3csc(NC(=O)OC(C)(C)C)n3)N3CCN(C)C3=O)[C@H]2SC1. The van der Waals surface area contributed by atoms with Crippen LogP contribution in [0.1, 0.15) is 33.4 Å². The molecule has 16 nitrogen and oxygen atoms in total. The predicted molar refractivity (Wildman–Crippen MR) is 149 cm³/mol. The van der Waals surface area contributed by atoms with Crippen LogP contribution in [0.5, 0.6) is 0 Å². The Morgan fingerprint density at radius 2 is 1.93 bits per heavy atom. The number of carboxylic acids is 1. The topological polar surface area (TPSA) is 203 Å². The fourth-order valence-corrected chi connectivity index (χ4v) is 6.39. The summed E-state index contributed by atoms with van der Waals surface area (Å²) in [5.41, 5.74) is -1.68. The van der Waals surface area contributed by atoms with E-state index in [1.165, 1.54) is 24.3 Å². The summed E-state index contributed by atoms with van der Waals surface area (Å²) in [7, 11) is 1.52. The molecule has 226 valence electrons. The molecular formula is C24H29N7O9S2. The molecule has 42 heavy (non-hydrogen) atoms. The molecule has 3 N–H and O–H groups in total. The Labute approximate surface area is 248 Å². The molecule has 3 aliphatic heterocycles. The predicted octanol–water partition coefficient (Wildman–Crippen LogP) is 1.15. The second-order valence-corrected chi connectivity index (χ2v) is 12.4. The van der Waals surface area contributed by atoms with Crippen LogP contribution in [0.3, 0.4) is 0 Å². The normalized spacial score (nSPS) is 20.2. The van der Waals surface area contributed by atoms with Gasteiger partial charge >= 0.3 is 24.1 Å². The van der Waals surface area contributed by atoms with Crippen LogP contribution in [0.15, 0.2) is 16.7 Å². The lowest BCUT2D eigenvalue weighted by molar-refractivity contribution is -0.169. The maximum atomic E-state index is 13.8. The molecule has 0 aromatic carbocycles. The van der Waals surface area contributed by atoms with Crippen molar-refractivity contribution in [3.63, 3.8) is 0 Å². The van der Waals surface area contributed by atoms with Crippen LogP contribution in [-0.2, 0) is 28.7 Å². The Morgan fingerprint density at radius 1 is 1.24 bits per heavy atom. The lowest BCUT2D eigenvalue weighted by Crippen LogP contribution is -2.74. The largest absolute Gasteiger partial charge is 0.477 e. The third-order valence-corrected chi connectivity index (χ3v) is 8.26. The number of thiazole rings is 1. The highest BCUT2D eigenvalue weighted by atomic mass is 32.2. The lowest BCUT2D eigenvalue weighted by atomic mass is 10.0. The van der Waals surface area contributed by atoms with E-state index < -0.39 is 58.6 Å². The number of hydrogen-bond acceptors (Lipinski definition) is 12. The number of aromatic nitrogens is 1. The Kier molecular flexibility index (Phi) is 8.49. The number of β-lactam (4-membered cyclic amide) rings is 1. The average molecular weight is 624 g/mol. The van der Waals surface area contributed by atoms with Gasteiger partial charge in [0.25, 0.3) is 11.8 Å². The summed E-state index contributed by atoms with van der Waals surface area (Å²) in [6, 6.07) is -1.89. The van der Waals surface area contributed by atoms with Gasteiger partial charge in [-0.25, -0.2) is 29.4 Å². The zero-order valence-electron chi connectivity index (χ0n) is 23.3. The van der Waals surface area contributed by atoms with E-state index in [0.717, 1.165) is 38.0 Å². The van der Waals surface area contributed by atoms with Crippen molar-refractivity contribution in [3.05, 3.63) is 22.3 Å². The molecule has 0 saturated carbocycles. The molecule has 18 heteroatoms. The number of thioether (sulfide) groups is 1. The Morgan fingerprint density at radius 3 is 2.50 bits per heavy atom. The maximum Gasteiger partial charge on any atom is 0.413 e. The van der Waals surface area contributed by atoms with Crippen molar-refractivity contribution in [2.24, 2.45) is 0 Å². The molecule has 1 aromatic rings. The van der Waals surface area contributed by atoms with Gasteiger partial charge in [0, 0.05) is 37.2 Å². The lowest BCUT2D eigenvalue weighted by Gasteiger charge is -2.53. The number of hydrazine groups is 1. The molecule has 0 radical (unpaired) electrons. The highest BCUT2D eigenvalue weighted by Crippen LogP contribution is 2.43. The monoisotopic (exact) mass is 623 g/mol. The summed E-state index contributed by atoms with van der Waals surface area (Å²) in [6.07, 6.45) is -0.779. The van der Waals surface area contributed by atoms with E-state index in [-0.39, 0.29) is 47.5 Å². The van der Waals surface area contributed by atoms with Gasteiger partial charge in [0.2, 0.25) is 0 Å². The second kappa shape index (κ2) is 11.6. The number of ether oxygens (including phenoxy) is 2. The fraction of sp³-hybridized carbons (Fsp3) is 0.500. The van der Waals surface area contributed by atoms with Gasteiger partial charge in [-0.15, -0.1) is 23.1 Å². The van der Waals surface area contributed by atoms with Crippen molar-refractivity contribution < 1.29 is 43.3 Å². The first-order valence-electron chi connectivity index (χ1n) is 12.5. The van der Waals surface area contributed by atoms with Gasteiger partial charge in [-0.3, -0.25) is 30.0 Å². The van der Waals surface area contributed by atoms with Crippen LogP contribution in [0.25, 0.3) is 0 Å². The van der Waals surface area contributed by atoms with Crippen LogP contribution >= 0.6 is 23.1 Å². The first-order valence-corrected chi connectivity index (χ1v) is 14.5. The van der Waals surface area contributed by atoms with E-state index in [1.807, 2.05) is 0 Å². The molecule has 2 fully saturated rings. The summed E-state index contributed by atoms with van der Waals surface area (Å²) in [5, 5.41) is 23.4. The minimum absolute atomic E-state index is 0.0391. The molecule has 0 aliphatic carbocycles. The number of carbonyl (C=O) groups is 6. The van der Waals surface area contributed by atoms with Crippen LogP contribution in [0.2, 0.25) is 0 Å². The zero-order valence-corrected chi connectivity index (χ0v) is 25.0. The summed E-state index contributed by atoms with van der Waals surface area (Å²) >= 11 is 2.08. The third kappa shape index (κ3) is 6.03. The van der Waals surface area contributed by atoms with Gasteiger partial charge < -0.3 is 19.5 Å². The van der Waals surface area contributed by atoms with Gasteiger partial charge in [0.05, 0.1) is 6.54 Å². The number of rotatable bonds is 8. The summed E-state index contributed by atoms with van der Waals surface area (Å²) in [5.74, 6) is -3.74. The number of urea groups is 1. The fourth-order valence-electron chi connectivity index (χ4n) is 4.34. The van der Waals surface area contributed by atoms with Gasteiger partial charge in [-0.05, 0) is 20.8 Å². The zero-order chi connectivity index (χ0) is 31.1. The number of amides is 5.